The molecule has 0 atom stereocenters. The Balaban J connectivity index is 3.31. The summed E-state index contributed by atoms with van der Waals surface area (Å²) in [5, 5.41) is 9.39. The van der Waals surface area contributed by atoms with Gasteiger partial charge in [0, 0.05) is 5.56 Å². The lowest BCUT2D eigenvalue weighted by Crippen LogP contribution is -1.94. The SMILES string of the molecule is CC(=O)c1cc(I)c(O)c(I)c1. The van der Waals surface area contributed by atoms with Gasteiger partial charge in [-0.1, -0.05) is 0 Å². The molecule has 1 aromatic rings. The lowest BCUT2D eigenvalue weighted by Gasteiger charge is -2.02. The molecule has 0 fully saturated rings. The number of hydrogen-bond donors (Lipinski definition) is 1. The molecule has 0 amide bonds. The van der Waals surface area contributed by atoms with E-state index in [1.807, 2.05) is 45.2 Å². The zero-order valence-electron chi connectivity index (χ0n) is 6.27. The molecule has 12 heavy (non-hydrogen) atoms. The van der Waals surface area contributed by atoms with E-state index in [4.69, 9.17) is 0 Å². The van der Waals surface area contributed by atoms with Crippen LogP contribution >= 0.6 is 45.2 Å². The number of phenolic OH excluding ortho intramolecular Hbond substituents is 1. The van der Waals surface area contributed by atoms with E-state index >= 15 is 0 Å². The average Bonchev–Trinajstić information content (AvgIpc) is 1.99. The van der Waals surface area contributed by atoms with E-state index < -0.39 is 0 Å². The minimum atomic E-state index is 0.0193. The molecular formula is C8H6I2O2. The van der Waals surface area contributed by atoms with Crippen LogP contribution in [0.2, 0.25) is 0 Å². The van der Waals surface area contributed by atoms with Crippen molar-refractivity contribution in [2.24, 2.45) is 0 Å². The molecule has 0 aliphatic rings. The van der Waals surface area contributed by atoms with Crippen molar-refractivity contribution in [1.82, 2.24) is 0 Å². The van der Waals surface area contributed by atoms with E-state index in [1.54, 1.807) is 12.1 Å². The van der Waals surface area contributed by atoms with Crippen molar-refractivity contribution in [3.8, 4) is 5.75 Å². The fraction of sp³-hybridized carbons (Fsp3) is 0.125. The van der Waals surface area contributed by atoms with Crippen LogP contribution in [0.15, 0.2) is 12.1 Å². The van der Waals surface area contributed by atoms with Crippen LogP contribution in [0.3, 0.4) is 0 Å². The number of ketones is 1. The standard InChI is InChI=1S/C8H6I2O2/c1-4(11)5-2-6(9)8(12)7(10)3-5/h2-3,12H,1H3. The predicted molar refractivity (Wildman–Crippen MR) is 63.5 cm³/mol. The number of aromatic hydroxyl groups is 1. The van der Waals surface area contributed by atoms with Gasteiger partial charge in [0.25, 0.3) is 0 Å². The third kappa shape index (κ3) is 2.09. The highest BCUT2D eigenvalue weighted by atomic mass is 127. The van der Waals surface area contributed by atoms with E-state index in [0.717, 1.165) is 0 Å². The molecule has 4 heteroatoms. The number of phenols is 1. The minimum Gasteiger partial charge on any atom is -0.506 e. The number of carbonyl (C=O) groups is 1. The topological polar surface area (TPSA) is 37.3 Å². The van der Waals surface area contributed by atoms with Gasteiger partial charge in [-0.15, -0.1) is 0 Å². The first kappa shape index (κ1) is 10.2. The van der Waals surface area contributed by atoms with Crippen LogP contribution < -0.4 is 0 Å². The molecule has 0 saturated heterocycles. The lowest BCUT2D eigenvalue weighted by atomic mass is 10.1. The Hall–Kier alpha value is 0.150. The van der Waals surface area contributed by atoms with Crippen LogP contribution in [0, 0.1) is 7.14 Å². The molecule has 0 spiro atoms. The summed E-state index contributed by atoms with van der Waals surface area (Å²) in [6.45, 7) is 1.51. The number of halogens is 2. The van der Waals surface area contributed by atoms with Gasteiger partial charge in [-0.2, -0.15) is 0 Å². The molecule has 0 bridgehead atoms. The first-order valence-corrected chi connectivity index (χ1v) is 5.37. The first-order chi connectivity index (χ1) is 5.52. The lowest BCUT2D eigenvalue weighted by molar-refractivity contribution is 0.101. The zero-order valence-corrected chi connectivity index (χ0v) is 10.6. The third-order valence-corrected chi connectivity index (χ3v) is 3.07. The van der Waals surface area contributed by atoms with Crippen LogP contribution in [0.5, 0.6) is 5.75 Å². The smallest absolute Gasteiger partial charge is 0.159 e. The molecule has 2 nitrogen and oxygen atoms in total. The van der Waals surface area contributed by atoms with Gasteiger partial charge in [0.05, 0.1) is 7.14 Å². The zero-order chi connectivity index (χ0) is 9.30. The van der Waals surface area contributed by atoms with Gasteiger partial charge in [-0.25, -0.2) is 0 Å². The Morgan fingerprint density at radius 1 is 1.33 bits per heavy atom. The highest BCUT2D eigenvalue weighted by molar-refractivity contribution is 14.1. The fourth-order valence-electron chi connectivity index (χ4n) is 0.769. The summed E-state index contributed by atoms with van der Waals surface area (Å²) in [5.74, 6) is 0.270. The van der Waals surface area contributed by atoms with Gasteiger partial charge < -0.3 is 5.11 Å². The maximum Gasteiger partial charge on any atom is 0.159 e. The first-order valence-electron chi connectivity index (χ1n) is 3.21. The molecule has 0 saturated carbocycles. The summed E-state index contributed by atoms with van der Waals surface area (Å²) in [6.07, 6.45) is 0. The minimum absolute atomic E-state index is 0.0193. The summed E-state index contributed by atoms with van der Waals surface area (Å²) in [4.78, 5) is 11.0. The second kappa shape index (κ2) is 3.91. The van der Waals surface area contributed by atoms with Crippen molar-refractivity contribution in [3.63, 3.8) is 0 Å². The van der Waals surface area contributed by atoms with E-state index in [-0.39, 0.29) is 11.5 Å². The highest BCUT2D eigenvalue weighted by Crippen LogP contribution is 2.27. The number of hydrogen-bond acceptors (Lipinski definition) is 2. The largest absolute Gasteiger partial charge is 0.506 e. The van der Waals surface area contributed by atoms with E-state index in [9.17, 15) is 9.90 Å². The van der Waals surface area contributed by atoms with Gasteiger partial charge in [0.2, 0.25) is 0 Å². The maximum absolute atomic E-state index is 11.0. The molecular weight excluding hydrogens is 382 g/mol. The second-order valence-electron chi connectivity index (χ2n) is 2.34. The van der Waals surface area contributed by atoms with Crippen LogP contribution in [-0.2, 0) is 0 Å². The summed E-state index contributed by atoms with van der Waals surface area (Å²) in [7, 11) is 0. The number of rotatable bonds is 1. The average molecular weight is 388 g/mol. The number of benzene rings is 1. The third-order valence-electron chi connectivity index (χ3n) is 1.42. The Labute approximate surface area is 97.6 Å². The normalized spacial score (nSPS) is 9.92. The molecule has 64 valence electrons. The van der Waals surface area contributed by atoms with Gasteiger partial charge in [0.1, 0.15) is 5.75 Å². The van der Waals surface area contributed by atoms with Crippen molar-refractivity contribution < 1.29 is 9.90 Å². The second-order valence-corrected chi connectivity index (χ2v) is 4.67. The molecule has 1 aromatic carbocycles. The monoisotopic (exact) mass is 388 g/mol. The summed E-state index contributed by atoms with van der Waals surface area (Å²) < 4.78 is 1.43. The Bertz CT molecular complexity index is 311. The van der Waals surface area contributed by atoms with Crippen LogP contribution in [0.4, 0.5) is 0 Å². The fourth-order valence-corrected chi connectivity index (χ4v) is 2.54. The van der Waals surface area contributed by atoms with Crippen LogP contribution in [-0.4, -0.2) is 10.9 Å². The van der Waals surface area contributed by atoms with Crippen molar-refractivity contribution in [2.75, 3.05) is 0 Å². The number of Topliss-reactive ketones (excluding diaryl/α,β-unsaturated/α-hetero) is 1. The molecule has 0 radical (unpaired) electrons. The van der Waals surface area contributed by atoms with Gasteiger partial charge in [0.15, 0.2) is 5.78 Å². The molecule has 0 heterocycles. The van der Waals surface area contributed by atoms with Crippen LogP contribution in [0.1, 0.15) is 17.3 Å². The number of carbonyl (C=O) groups excluding carboxylic acids is 1. The Morgan fingerprint density at radius 3 is 2.08 bits per heavy atom. The molecule has 0 aliphatic heterocycles. The quantitative estimate of drug-likeness (QED) is 0.594. The highest BCUT2D eigenvalue weighted by Gasteiger charge is 2.07. The summed E-state index contributed by atoms with van der Waals surface area (Å²) in [5.41, 5.74) is 0.640. The van der Waals surface area contributed by atoms with E-state index in [1.165, 1.54) is 6.92 Å². The Kier molecular flexibility index (Phi) is 3.33. The van der Waals surface area contributed by atoms with Gasteiger partial charge in [-0.05, 0) is 64.2 Å². The van der Waals surface area contributed by atoms with Crippen molar-refractivity contribution in [3.05, 3.63) is 24.8 Å². The van der Waals surface area contributed by atoms with E-state index in [0.29, 0.717) is 12.7 Å². The Morgan fingerprint density at radius 2 is 1.75 bits per heavy atom. The van der Waals surface area contributed by atoms with Crippen molar-refractivity contribution in [1.29, 1.82) is 0 Å². The molecule has 0 unspecified atom stereocenters. The van der Waals surface area contributed by atoms with Crippen molar-refractivity contribution >= 4 is 51.0 Å². The summed E-state index contributed by atoms with van der Waals surface area (Å²) in [6, 6.07) is 3.36. The maximum atomic E-state index is 11.0. The van der Waals surface area contributed by atoms with Gasteiger partial charge >= 0.3 is 0 Å². The van der Waals surface area contributed by atoms with Crippen LogP contribution in [0.25, 0.3) is 0 Å². The van der Waals surface area contributed by atoms with Gasteiger partial charge in [-0.3, -0.25) is 4.79 Å². The predicted octanol–water partition coefficient (Wildman–Crippen LogP) is 2.80. The van der Waals surface area contributed by atoms with E-state index in [2.05, 4.69) is 0 Å². The molecule has 0 aromatic heterocycles. The van der Waals surface area contributed by atoms with Crippen molar-refractivity contribution in [2.45, 2.75) is 6.92 Å². The molecule has 1 rings (SSSR count). The molecule has 1 N–H and O–H groups in total. The summed E-state index contributed by atoms with van der Waals surface area (Å²) >= 11 is 4.00. The molecule has 0 aliphatic carbocycles.